The Morgan fingerprint density at radius 3 is 2.67 bits per heavy atom. The van der Waals surface area contributed by atoms with E-state index in [1.807, 2.05) is 11.4 Å². The van der Waals surface area contributed by atoms with Crippen molar-refractivity contribution >= 4 is 17.2 Å². The van der Waals surface area contributed by atoms with Crippen LogP contribution in [-0.2, 0) is 12.8 Å². The summed E-state index contributed by atoms with van der Waals surface area (Å²) < 4.78 is 14.4. The van der Waals surface area contributed by atoms with Crippen LogP contribution >= 0.6 is 11.3 Å². The summed E-state index contributed by atoms with van der Waals surface area (Å²) in [5.74, 6) is 0.538. The Hall–Kier alpha value is -3.19. The van der Waals surface area contributed by atoms with E-state index in [2.05, 4.69) is 15.1 Å². The number of nitrogens with zero attached hydrogens (tertiary/aromatic N) is 4. The molecule has 0 aliphatic heterocycles. The second-order valence-corrected chi connectivity index (χ2v) is 6.73. The van der Waals surface area contributed by atoms with Crippen LogP contribution < -0.4 is 0 Å². The third kappa shape index (κ3) is 3.83. The Kier molecular flexibility index (Phi) is 4.84. The third-order valence-electron chi connectivity index (χ3n) is 4.10. The molecule has 4 rings (SSSR count). The summed E-state index contributed by atoms with van der Waals surface area (Å²) in [6.07, 6.45) is 4.47. The minimum absolute atomic E-state index is 0.215. The molecule has 4 aromatic rings. The quantitative estimate of drug-likeness (QED) is 0.526. The molecule has 0 fully saturated rings. The normalized spacial score (nSPS) is 10.9. The number of aryl methyl sites for hydroxylation is 2. The molecular weight excluding hydrogens is 363 g/mol. The molecule has 27 heavy (non-hydrogen) atoms. The molecule has 1 aromatic carbocycles. The molecule has 0 aliphatic carbocycles. The fourth-order valence-electron chi connectivity index (χ4n) is 2.70. The first kappa shape index (κ1) is 17.2. The van der Waals surface area contributed by atoms with E-state index in [0.29, 0.717) is 30.1 Å². The highest BCUT2D eigenvalue weighted by atomic mass is 32.1. The summed E-state index contributed by atoms with van der Waals surface area (Å²) >= 11 is 1.46. The minimum Gasteiger partial charge on any atom is -0.267 e. The van der Waals surface area contributed by atoms with Crippen LogP contribution in [0, 0.1) is 5.82 Å². The molecule has 0 saturated carbocycles. The number of halogens is 1. The highest BCUT2D eigenvalue weighted by molar-refractivity contribution is 7.08. The SMILES string of the molecule is O=C(c1ccsc1)n1nc(-c2cccnc2)nc1CCc1ccc(F)cc1. The van der Waals surface area contributed by atoms with Crippen LogP contribution in [-0.4, -0.2) is 25.7 Å². The number of rotatable bonds is 5. The minimum atomic E-state index is -0.270. The Labute approximate surface area is 159 Å². The first-order chi connectivity index (χ1) is 13.2. The summed E-state index contributed by atoms with van der Waals surface area (Å²) in [6.45, 7) is 0. The van der Waals surface area contributed by atoms with Gasteiger partial charge in [0.05, 0.1) is 5.56 Å². The van der Waals surface area contributed by atoms with Gasteiger partial charge in [0.2, 0.25) is 0 Å². The first-order valence-corrected chi connectivity index (χ1v) is 9.32. The maximum absolute atomic E-state index is 13.1. The van der Waals surface area contributed by atoms with Crippen molar-refractivity contribution in [2.45, 2.75) is 12.8 Å². The average Bonchev–Trinajstić information content (AvgIpc) is 3.38. The van der Waals surface area contributed by atoms with Crippen LogP contribution in [0.15, 0.2) is 65.6 Å². The zero-order valence-corrected chi connectivity index (χ0v) is 15.1. The van der Waals surface area contributed by atoms with Crippen molar-refractivity contribution in [1.82, 2.24) is 19.7 Å². The van der Waals surface area contributed by atoms with Gasteiger partial charge in [-0.2, -0.15) is 16.0 Å². The second-order valence-electron chi connectivity index (χ2n) is 5.95. The highest BCUT2D eigenvalue weighted by Crippen LogP contribution is 2.17. The highest BCUT2D eigenvalue weighted by Gasteiger charge is 2.19. The Morgan fingerprint density at radius 2 is 1.96 bits per heavy atom. The first-order valence-electron chi connectivity index (χ1n) is 8.38. The maximum Gasteiger partial charge on any atom is 0.280 e. The molecule has 5 nitrogen and oxygen atoms in total. The van der Waals surface area contributed by atoms with Gasteiger partial charge in [0.1, 0.15) is 11.6 Å². The van der Waals surface area contributed by atoms with Gasteiger partial charge in [-0.1, -0.05) is 12.1 Å². The lowest BCUT2D eigenvalue weighted by molar-refractivity contribution is 0.0941. The predicted octanol–water partition coefficient (Wildman–Crippen LogP) is 4.01. The van der Waals surface area contributed by atoms with Crippen molar-refractivity contribution in [3.8, 4) is 11.4 Å². The zero-order chi connectivity index (χ0) is 18.6. The molecule has 134 valence electrons. The van der Waals surface area contributed by atoms with Crippen LogP contribution in [0.25, 0.3) is 11.4 Å². The van der Waals surface area contributed by atoms with Crippen molar-refractivity contribution < 1.29 is 9.18 Å². The molecule has 0 N–H and O–H groups in total. The fourth-order valence-corrected chi connectivity index (χ4v) is 3.33. The van der Waals surface area contributed by atoms with E-state index in [4.69, 9.17) is 0 Å². The molecule has 0 bridgehead atoms. The van der Waals surface area contributed by atoms with Gasteiger partial charge < -0.3 is 0 Å². The van der Waals surface area contributed by atoms with E-state index in [1.165, 1.54) is 28.2 Å². The van der Waals surface area contributed by atoms with Crippen molar-refractivity contribution in [1.29, 1.82) is 0 Å². The van der Waals surface area contributed by atoms with Gasteiger partial charge in [0, 0.05) is 29.8 Å². The Morgan fingerprint density at radius 1 is 1.11 bits per heavy atom. The van der Waals surface area contributed by atoms with Gasteiger partial charge in [-0.15, -0.1) is 5.10 Å². The lowest BCUT2D eigenvalue weighted by Crippen LogP contribution is -2.17. The zero-order valence-electron chi connectivity index (χ0n) is 14.2. The summed E-state index contributed by atoms with van der Waals surface area (Å²) in [5, 5.41) is 8.06. The third-order valence-corrected chi connectivity index (χ3v) is 4.79. The molecule has 3 aromatic heterocycles. The van der Waals surface area contributed by atoms with E-state index in [-0.39, 0.29) is 11.7 Å². The Bertz CT molecular complexity index is 1040. The van der Waals surface area contributed by atoms with Gasteiger partial charge in [0.15, 0.2) is 5.82 Å². The summed E-state index contributed by atoms with van der Waals surface area (Å²) in [4.78, 5) is 21.5. The molecule has 7 heteroatoms. The van der Waals surface area contributed by atoms with Crippen molar-refractivity contribution in [2.24, 2.45) is 0 Å². The number of hydrogen-bond donors (Lipinski definition) is 0. The van der Waals surface area contributed by atoms with Gasteiger partial charge in [-0.3, -0.25) is 9.78 Å². The monoisotopic (exact) mass is 378 g/mol. The van der Waals surface area contributed by atoms with Gasteiger partial charge in [0.25, 0.3) is 5.91 Å². The second kappa shape index (κ2) is 7.59. The number of aromatic nitrogens is 4. The van der Waals surface area contributed by atoms with E-state index in [1.54, 1.807) is 42.0 Å². The predicted molar refractivity (Wildman–Crippen MR) is 101 cm³/mol. The smallest absolute Gasteiger partial charge is 0.267 e. The van der Waals surface area contributed by atoms with E-state index in [9.17, 15) is 9.18 Å². The standard InChI is InChI=1S/C20H15FN4OS/c21-17-6-3-14(4-7-17)5-8-18-23-19(15-2-1-10-22-12-15)24-25(18)20(26)16-9-11-27-13-16/h1-4,6-7,9-13H,5,8H2. The maximum atomic E-state index is 13.1. The molecule has 0 spiro atoms. The molecular formula is C20H15FN4OS. The molecule has 0 atom stereocenters. The number of carbonyl (C=O) groups is 1. The summed E-state index contributed by atoms with van der Waals surface area (Å²) in [5.41, 5.74) is 2.29. The van der Waals surface area contributed by atoms with Crippen molar-refractivity contribution in [2.75, 3.05) is 0 Å². The molecule has 0 unspecified atom stereocenters. The number of hydrogen-bond acceptors (Lipinski definition) is 5. The number of pyridine rings is 1. The van der Waals surface area contributed by atoms with E-state index < -0.39 is 0 Å². The molecule has 0 amide bonds. The molecule has 0 saturated heterocycles. The molecule has 3 heterocycles. The van der Waals surface area contributed by atoms with Crippen LogP contribution in [0.5, 0.6) is 0 Å². The number of carbonyl (C=O) groups excluding carboxylic acids is 1. The fraction of sp³-hybridized carbons (Fsp3) is 0.100. The van der Waals surface area contributed by atoms with Crippen molar-refractivity contribution in [3.05, 3.63) is 88.4 Å². The van der Waals surface area contributed by atoms with Crippen LogP contribution in [0.3, 0.4) is 0 Å². The van der Waals surface area contributed by atoms with E-state index in [0.717, 1.165) is 11.1 Å². The largest absolute Gasteiger partial charge is 0.280 e. The van der Waals surface area contributed by atoms with E-state index >= 15 is 0 Å². The lowest BCUT2D eigenvalue weighted by Gasteiger charge is -2.04. The van der Waals surface area contributed by atoms with Crippen LogP contribution in [0.1, 0.15) is 21.7 Å². The summed E-state index contributed by atoms with van der Waals surface area (Å²) in [7, 11) is 0. The molecule has 0 aliphatic rings. The Balaban J connectivity index is 1.66. The average molecular weight is 378 g/mol. The van der Waals surface area contributed by atoms with Crippen molar-refractivity contribution in [3.63, 3.8) is 0 Å². The van der Waals surface area contributed by atoms with Gasteiger partial charge >= 0.3 is 0 Å². The number of benzene rings is 1. The van der Waals surface area contributed by atoms with Crippen LogP contribution in [0.4, 0.5) is 4.39 Å². The van der Waals surface area contributed by atoms with Gasteiger partial charge in [-0.25, -0.2) is 9.37 Å². The summed E-state index contributed by atoms with van der Waals surface area (Å²) in [6, 6.07) is 11.7. The number of thiophene rings is 1. The topological polar surface area (TPSA) is 60.7 Å². The molecule has 0 radical (unpaired) electrons. The van der Waals surface area contributed by atoms with Gasteiger partial charge in [-0.05, 0) is 47.7 Å². The van der Waals surface area contributed by atoms with Crippen LogP contribution in [0.2, 0.25) is 0 Å². The lowest BCUT2D eigenvalue weighted by atomic mass is 10.1.